The lowest BCUT2D eigenvalue weighted by Crippen LogP contribution is -2.18. The van der Waals surface area contributed by atoms with Crippen LogP contribution in [0.15, 0.2) is 11.4 Å². The van der Waals surface area contributed by atoms with Crippen LogP contribution in [0.25, 0.3) is 0 Å². The van der Waals surface area contributed by atoms with E-state index in [1.807, 2.05) is 17.8 Å². The van der Waals surface area contributed by atoms with E-state index in [9.17, 15) is 0 Å². The summed E-state index contributed by atoms with van der Waals surface area (Å²) >= 11 is 7.53. The predicted octanol–water partition coefficient (Wildman–Crippen LogP) is 3.60. The molecule has 0 radical (unpaired) electrons. The van der Waals surface area contributed by atoms with Crippen LogP contribution in [0.5, 0.6) is 0 Å². The number of aromatic nitrogens is 2. The molecule has 2 rings (SSSR count). The van der Waals surface area contributed by atoms with Crippen LogP contribution in [0.3, 0.4) is 0 Å². The smallest absolute Gasteiger partial charge is 0.0931 e. The largest absolute Gasteiger partial charge is 0.306 e. The summed E-state index contributed by atoms with van der Waals surface area (Å²) in [5.74, 6) is 0. The molecule has 1 N–H and O–H groups in total. The number of thiophene rings is 1. The molecule has 0 fully saturated rings. The van der Waals surface area contributed by atoms with Crippen LogP contribution in [0.2, 0.25) is 4.34 Å². The molecule has 5 heteroatoms. The van der Waals surface area contributed by atoms with Gasteiger partial charge in [-0.05, 0) is 37.8 Å². The first kappa shape index (κ1) is 13.6. The molecule has 0 bridgehead atoms. The highest BCUT2D eigenvalue weighted by molar-refractivity contribution is 7.14. The van der Waals surface area contributed by atoms with Gasteiger partial charge in [-0.3, -0.25) is 4.68 Å². The molecule has 2 aromatic heterocycles. The van der Waals surface area contributed by atoms with E-state index < -0.39 is 0 Å². The summed E-state index contributed by atoms with van der Waals surface area (Å²) in [4.78, 5) is 0. The molecule has 18 heavy (non-hydrogen) atoms. The van der Waals surface area contributed by atoms with E-state index in [2.05, 4.69) is 36.6 Å². The molecule has 0 amide bonds. The minimum atomic E-state index is 0.299. The average molecular weight is 284 g/mol. The third-order valence-corrected chi connectivity index (χ3v) is 4.44. The van der Waals surface area contributed by atoms with E-state index >= 15 is 0 Å². The highest BCUT2D eigenvalue weighted by Gasteiger charge is 2.12. The Kier molecular flexibility index (Phi) is 4.10. The number of halogens is 1. The summed E-state index contributed by atoms with van der Waals surface area (Å²) in [5.41, 5.74) is 4.84. The molecule has 0 aromatic carbocycles. The summed E-state index contributed by atoms with van der Waals surface area (Å²) in [7, 11) is 1.98. The van der Waals surface area contributed by atoms with Gasteiger partial charge in [0.15, 0.2) is 0 Å². The van der Waals surface area contributed by atoms with Crippen LogP contribution < -0.4 is 5.32 Å². The first-order chi connectivity index (χ1) is 8.49. The van der Waals surface area contributed by atoms with Gasteiger partial charge in [-0.1, -0.05) is 11.6 Å². The maximum atomic E-state index is 5.95. The van der Waals surface area contributed by atoms with Gasteiger partial charge in [0.2, 0.25) is 0 Å². The molecule has 2 heterocycles. The van der Waals surface area contributed by atoms with Gasteiger partial charge in [0.1, 0.15) is 0 Å². The Morgan fingerprint density at radius 3 is 2.72 bits per heavy atom. The van der Waals surface area contributed by atoms with E-state index in [1.165, 1.54) is 16.8 Å². The molecule has 0 spiro atoms. The summed E-state index contributed by atoms with van der Waals surface area (Å²) in [6, 6.07) is 2.32. The molecule has 2 aromatic rings. The first-order valence-corrected chi connectivity index (χ1v) is 7.21. The third kappa shape index (κ3) is 2.76. The fourth-order valence-corrected chi connectivity index (χ4v) is 2.98. The maximum absolute atomic E-state index is 5.95. The van der Waals surface area contributed by atoms with Crippen molar-refractivity contribution in [2.24, 2.45) is 7.05 Å². The second-order valence-corrected chi connectivity index (χ2v) is 6.10. The quantitative estimate of drug-likeness (QED) is 0.929. The Balaban J connectivity index is 2.03. The van der Waals surface area contributed by atoms with Crippen LogP contribution in [0.4, 0.5) is 0 Å². The summed E-state index contributed by atoms with van der Waals surface area (Å²) < 4.78 is 2.77. The van der Waals surface area contributed by atoms with Crippen LogP contribution in [0, 0.1) is 13.8 Å². The minimum Gasteiger partial charge on any atom is -0.306 e. The second kappa shape index (κ2) is 5.43. The molecule has 0 aliphatic carbocycles. The molecule has 0 aliphatic heterocycles. The van der Waals surface area contributed by atoms with Crippen molar-refractivity contribution in [2.45, 2.75) is 33.4 Å². The van der Waals surface area contributed by atoms with E-state index in [-0.39, 0.29) is 0 Å². The zero-order valence-corrected chi connectivity index (χ0v) is 12.7. The van der Waals surface area contributed by atoms with Crippen LogP contribution in [-0.4, -0.2) is 9.78 Å². The highest BCUT2D eigenvalue weighted by atomic mass is 35.5. The van der Waals surface area contributed by atoms with Crippen molar-refractivity contribution >= 4 is 22.9 Å². The van der Waals surface area contributed by atoms with Gasteiger partial charge in [0.25, 0.3) is 0 Å². The van der Waals surface area contributed by atoms with E-state index in [0.29, 0.717) is 6.04 Å². The molecular formula is C13H18ClN3S. The maximum Gasteiger partial charge on any atom is 0.0931 e. The minimum absolute atomic E-state index is 0.299. The standard InChI is InChI=1S/C13H18ClN3S/c1-8(11-5-13(14)18-7-11)15-6-12-9(2)16-17(4)10(12)3/h5,7-8,15H,6H2,1-4H3. The number of nitrogens with zero attached hydrogens (tertiary/aromatic N) is 2. The van der Waals surface area contributed by atoms with Crippen molar-refractivity contribution in [3.63, 3.8) is 0 Å². The molecule has 0 saturated carbocycles. The molecule has 0 saturated heterocycles. The fraction of sp³-hybridized carbons (Fsp3) is 0.462. The Bertz CT molecular complexity index is 544. The highest BCUT2D eigenvalue weighted by Crippen LogP contribution is 2.25. The summed E-state index contributed by atoms with van der Waals surface area (Å²) in [5, 5.41) is 10.0. The van der Waals surface area contributed by atoms with Gasteiger partial charge < -0.3 is 5.32 Å². The van der Waals surface area contributed by atoms with Crippen molar-refractivity contribution in [1.29, 1.82) is 0 Å². The topological polar surface area (TPSA) is 29.9 Å². The lowest BCUT2D eigenvalue weighted by Gasteiger charge is -2.12. The second-order valence-electron chi connectivity index (χ2n) is 4.56. The lowest BCUT2D eigenvalue weighted by atomic mass is 10.1. The van der Waals surface area contributed by atoms with Gasteiger partial charge >= 0.3 is 0 Å². The van der Waals surface area contributed by atoms with Crippen molar-refractivity contribution in [3.8, 4) is 0 Å². The van der Waals surface area contributed by atoms with E-state index in [4.69, 9.17) is 11.6 Å². The molecular weight excluding hydrogens is 266 g/mol. The van der Waals surface area contributed by atoms with Crippen LogP contribution >= 0.6 is 22.9 Å². The SMILES string of the molecule is Cc1nn(C)c(C)c1CNC(C)c1csc(Cl)c1. The molecule has 98 valence electrons. The number of aryl methyl sites for hydroxylation is 2. The number of hydrogen-bond donors (Lipinski definition) is 1. The van der Waals surface area contributed by atoms with Gasteiger partial charge in [-0.15, -0.1) is 11.3 Å². The Labute approximate surface area is 117 Å². The van der Waals surface area contributed by atoms with Gasteiger partial charge in [-0.25, -0.2) is 0 Å². The van der Waals surface area contributed by atoms with Crippen molar-refractivity contribution in [2.75, 3.05) is 0 Å². The van der Waals surface area contributed by atoms with Crippen LogP contribution in [-0.2, 0) is 13.6 Å². The molecule has 1 unspecified atom stereocenters. The third-order valence-electron chi connectivity index (χ3n) is 3.33. The van der Waals surface area contributed by atoms with Crippen LogP contribution in [0.1, 0.15) is 35.5 Å². The Hall–Kier alpha value is -0.840. The van der Waals surface area contributed by atoms with E-state index in [1.54, 1.807) is 11.3 Å². The molecule has 3 nitrogen and oxygen atoms in total. The zero-order chi connectivity index (χ0) is 13.3. The van der Waals surface area contributed by atoms with Gasteiger partial charge in [0.05, 0.1) is 10.0 Å². The zero-order valence-electron chi connectivity index (χ0n) is 11.1. The molecule has 1 atom stereocenters. The summed E-state index contributed by atoms with van der Waals surface area (Å²) in [6.07, 6.45) is 0. The van der Waals surface area contributed by atoms with Gasteiger partial charge in [-0.2, -0.15) is 5.10 Å². The number of hydrogen-bond acceptors (Lipinski definition) is 3. The normalized spacial score (nSPS) is 12.9. The Morgan fingerprint density at radius 1 is 1.50 bits per heavy atom. The van der Waals surface area contributed by atoms with Crippen molar-refractivity contribution in [1.82, 2.24) is 15.1 Å². The fourth-order valence-electron chi connectivity index (χ4n) is 2.00. The van der Waals surface area contributed by atoms with E-state index in [0.717, 1.165) is 16.6 Å². The summed E-state index contributed by atoms with van der Waals surface area (Å²) in [6.45, 7) is 7.14. The monoisotopic (exact) mass is 283 g/mol. The lowest BCUT2D eigenvalue weighted by molar-refractivity contribution is 0.573. The van der Waals surface area contributed by atoms with Gasteiger partial charge in [0, 0.05) is 30.9 Å². The average Bonchev–Trinajstić information content (AvgIpc) is 2.83. The predicted molar refractivity (Wildman–Crippen MR) is 77.3 cm³/mol. The number of nitrogens with one attached hydrogen (secondary N) is 1. The number of rotatable bonds is 4. The van der Waals surface area contributed by atoms with Crippen molar-refractivity contribution < 1.29 is 0 Å². The molecule has 0 aliphatic rings. The Morgan fingerprint density at radius 2 is 2.22 bits per heavy atom. The van der Waals surface area contributed by atoms with Crippen molar-refractivity contribution in [3.05, 3.63) is 38.3 Å². The first-order valence-electron chi connectivity index (χ1n) is 5.95.